The summed E-state index contributed by atoms with van der Waals surface area (Å²) in [6.07, 6.45) is -4.41. The first kappa shape index (κ1) is 15.7. The van der Waals surface area contributed by atoms with Crippen LogP contribution in [0.2, 0.25) is 0 Å². The van der Waals surface area contributed by atoms with Crippen molar-refractivity contribution in [3.63, 3.8) is 0 Å². The number of hydrogen-bond donors (Lipinski definition) is 0. The molecule has 1 heterocycles. The van der Waals surface area contributed by atoms with Gasteiger partial charge in [0.05, 0.1) is 5.56 Å². The van der Waals surface area contributed by atoms with E-state index in [0.29, 0.717) is 0 Å². The van der Waals surface area contributed by atoms with Crippen LogP contribution in [-0.2, 0) is 12.6 Å². The van der Waals surface area contributed by atoms with Crippen LogP contribution in [0.25, 0.3) is 0 Å². The van der Waals surface area contributed by atoms with E-state index in [1.54, 1.807) is 6.07 Å². The van der Waals surface area contributed by atoms with Gasteiger partial charge in [-0.15, -0.1) is 11.3 Å². The molecular formula is C13H7Br2F3OS. The molecular weight excluding hydrogens is 421 g/mol. The number of benzene rings is 1. The lowest BCUT2D eigenvalue weighted by atomic mass is 10.0. The number of carbonyl (C=O) groups is 1. The van der Waals surface area contributed by atoms with E-state index in [4.69, 9.17) is 0 Å². The molecule has 0 saturated heterocycles. The van der Waals surface area contributed by atoms with Crippen LogP contribution in [0.1, 0.15) is 20.8 Å². The van der Waals surface area contributed by atoms with Crippen molar-refractivity contribution in [3.05, 3.63) is 54.6 Å². The predicted molar refractivity (Wildman–Crippen MR) is 79.2 cm³/mol. The standard InChI is InChI=1S/C13H7Br2F3OS/c14-9-2-1-7(5-8(9)13(16,17)18)11(19)6-12-10(15)3-4-20-12/h1-5H,6H2. The van der Waals surface area contributed by atoms with Gasteiger partial charge < -0.3 is 0 Å². The fraction of sp³-hybridized carbons (Fsp3) is 0.154. The Morgan fingerprint density at radius 2 is 1.85 bits per heavy atom. The molecule has 0 amide bonds. The molecule has 0 bridgehead atoms. The fourth-order valence-corrected chi connectivity index (χ4v) is 3.58. The number of rotatable bonds is 3. The van der Waals surface area contributed by atoms with Crippen LogP contribution in [0.3, 0.4) is 0 Å². The van der Waals surface area contributed by atoms with E-state index in [0.717, 1.165) is 15.4 Å². The van der Waals surface area contributed by atoms with Gasteiger partial charge in [-0.1, -0.05) is 22.0 Å². The topological polar surface area (TPSA) is 17.1 Å². The molecule has 0 unspecified atom stereocenters. The molecule has 20 heavy (non-hydrogen) atoms. The second kappa shape index (κ2) is 5.99. The molecule has 0 aliphatic rings. The van der Waals surface area contributed by atoms with Crippen LogP contribution < -0.4 is 0 Å². The first-order chi connectivity index (χ1) is 9.29. The molecule has 0 aliphatic heterocycles. The molecule has 0 radical (unpaired) electrons. The van der Waals surface area contributed by atoms with Gasteiger partial charge in [0.25, 0.3) is 0 Å². The minimum atomic E-state index is -4.49. The minimum absolute atomic E-state index is 0.0563. The number of hydrogen-bond acceptors (Lipinski definition) is 2. The summed E-state index contributed by atoms with van der Waals surface area (Å²) in [5.41, 5.74) is -0.783. The molecule has 0 spiro atoms. The van der Waals surface area contributed by atoms with Gasteiger partial charge in [-0.25, -0.2) is 0 Å². The zero-order valence-electron chi connectivity index (χ0n) is 9.80. The van der Waals surface area contributed by atoms with Crippen molar-refractivity contribution < 1.29 is 18.0 Å². The Bertz CT molecular complexity index is 649. The van der Waals surface area contributed by atoms with Crippen LogP contribution >= 0.6 is 43.2 Å². The van der Waals surface area contributed by atoms with Crippen LogP contribution in [0.4, 0.5) is 13.2 Å². The van der Waals surface area contributed by atoms with E-state index < -0.39 is 11.7 Å². The van der Waals surface area contributed by atoms with E-state index in [9.17, 15) is 18.0 Å². The van der Waals surface area contributed by atoms with Crippen molar-refractivity contribution in [2.24, 2.45) is 0 Å². The number of alkyl halides is 3. The average Bonchev–Trinajstić information content (AvgIpc) is 2.74. The van der Waals surface area contributed by atoms with Gasteiger partial charge >= 0.3 is 6.18 Å². The minimum Gasteiger partial charge on any atom is -0.294 e. The molecule has 1 aromatic carbocycles. The van der Waals surface area contributed by atoms with Crippen LogP contribution in [0, 0.1) is 0 Å². The molecule has 106 valence electrons. The van der Waals surface area contributed by atoms with Crippen molar-refractivity contribution in [3.8, 4) is 0 Å². The summed E-state index contributed by atoms with van der Waals surface area (Å²) >= 11 is 7.53. The van der Waals surface area contributed by atoms with Crippen LogP contribution in [-0.4, -0.2) is 5.78 Å². The molecule has 0 N–H and O–H groups in total. The summed E-state index contributed by atoms with van der Waals surface area (Å²) in [5, 5.41) is 1.81. The van der Waals surface area contributed by atoms with Gasteiger partial charge in [-0.3, -0.25) is 4.79 Å². The third-order valence-corrected chi connectivity index (χ3v) is 5.22. The van der Waals surface area contributed by atoms with E-state index in [-0.39, 0.29) is 22.2 Å². The van der Waals surface area contributed by atoms with E-state index >= 15 is 0 Å². The number of Topliss-reactive ketones (excluding diaryl/α,β-unsaturated/α-hetero) is 1. The summed E-state index contributed by atoms with van der Waals surface area (Å²) in [7, 11) is 0. The van der Waals surface area contributed by atoms with Crippen molar-refractivity contribution in [1.29, 1.82) is 0 Å². The maximum Gasteiger partial charge on any atom is 0.417 e. The summed E-state index contributed by atoms with van der Waals surface area (Å²) in [6.45, 7) is 0. The lowest BCUT2D eigenvalue weighted by molar-refractivity contribution is -0.138. The lowest BCUT2D eigenvalue weighted by Gasteiger charge is -2.10. The number of halogens is 5. The van der Waals surface area contributed by atoms with Gasteiger partial charge in [0.1, 0.15) is 0 Å². The highest BCUT2D eigenvalue weighted by Gasteiger charge is 2.33. The van der Waals surface area contributed by atoms with Crippen molar-refractivity contribution >= 4 is 49.0 Å². The highest BCUT2D eigenvalue weighted by Crippen LogP contribution is 2.35. The monoisotopic (exact) mass is 426 g/mol. The molecule has 2 rings (SSSR count). The van der Waals surface area contributed by atoms with Gasteiger partial charge in [-0.05, 0) is 39.5 Å². The third-order valence-electron chi connectivity index (χ3n) is 2.61. The predicted octanol–water partition coefficient (Wildman–Crippen LogP) is 5.72. The molecule has 2 aromatic rings. The largest absolute Gasteiger partial charge is 0.417 e. The Morgan fingerprint density at radius 3 is 2.40 bits per heavy atom. The SMILES string of the molecule is O=C(Cc1sccc1Br)c1ccc(Br)c(C(F)(F)F)c1. The zero-order valence-corrected chi connectivity index (χ0v) is 13.8. The Labute approximate surface area is 134 Å². The maximum atomic E-state index is 12.8. The Kier molecular flexibility index (Phi) is 4.71. The Hall–Kier alpha value is -0.660. The molecule has 1 aromatic heterocycles. The molecule has 7 heteroatoms. The van der Waals surface area contributed by atoms with Crippen LogP contribution in [0.15, 0.2) is 38.6 Å². The van der Waals surface area contributed by atoms with E-state index in [1.165, 1.54) is 23.5 Å². The molecule has 0 saturated carbocycles. The summed E-state index contributed by atoms with van der Waals surface area (Å²) < 4.78 is 39.1. The van der Waals surface area contributed by atoms with Gasteiger partial charge in [0.15, 0.2) is 5.78 Å². The Balaban J connectivity index is 2.29. The highest BCUT2D eigenvalue weighted by molar-refractivity contribution is 9.10. The molecule has 1 nitrogen and oxygen atoms in total. The maximum absolute atomic E-state index is 12.8. The second-order valence-corrected chi connectivity index (χ2v) is 6.69. The van der Waals surface area contributed by atoms with Crippen molar-refractivity contribution in [2.45, 2.75) is 12.6 Å². The molecule has 0 fully saturated rings. The second-order valence-electron chi connectivity index (χ2n) is 3.98. The first-order valence-electron chi connectivity index (χ1n) is 5.41. The van der Waals surface area contributed by atoms with Crippen molar-refractivity contribution in [1.82, 2.24) is 0 Å². The number of ketones is 1. The molecule has 0 atom stereocenters. The quantitative estimate of drug-likeness (QED) is 0.572. The normalized spacial score (nSPS) is 11.7. The summed E-state index contributed by atoms with van der Waals surface area (Å²) in [6, 6.07) is 5.33. The number of thiophene rings is 1. The lowest BCUT2D eigenvalue weighted by Crippen LogP contribution is -2.09. The van der Waals surface area contributed by atoms with E-state index in [2.05, 4.69) is 31.9 Å². The Morgan fingerprint density at radius 1 is 1.15 bits per heavy atom. The van der Waals surface area contributed by atoms with Crippen LogP contribution in [0.5, 0.6) is 0 Å². The van der Waals surface area contributed by atoms with E-state index in [1.807, 2.05) is 5.38 Å². The smallest absolute Gasteiger partial charge is 0.294 e. The molecule has 0 aliphatic carbocycles. The first-order valence-corrected chi connectivity index (χ1v) is 7.87. The van der Waals surface area contributed by atoms with Crippen molar-refractivity contribution in [2.75, 3.05) is 0 Å². The van der Waals surface area contributed by atoms with Gasteiger partial charge in [0, 0.05) is 25.8 Å². The average molecular weight is 428 g/mol. The number of carbonyl (C=O) groups excluding carboxylic acids is 1. The van der Waals surface area contributed by atoms with Gasteiger partial charge in [0.2, 0.25) is 0 Å². The third kappa shape index (κ3) is 3.51. The van der Waals surface area contributed by atoms with Gasteiger partial charge in [-0.2, -0.15) is 13.2 Å². The zero-order chi connectivity index (χ0) is 14.9. The highest BCUT2D eigenvalue weighted by atomic mass is 79.9. The summed E-state index contributed by atoms with van der Waals surface area (Å²) in [4.78, 5) is 12.9. The fourth-order valence-electron chi connectivity index (χ4n) is 1.62. The summed E-state index contributed by atoms with van der Waals surface area (Å²) in [5.74, 6) is -0.342.